The SMILES string of the molecule is Cn1ccnc1SCC(C)(O)c1ccccc1. The number of aromatic nitrogens is 2. The van der Waals surface area contributed by atoms with Gasteiger partial charge in [-0.05, 0) is 12.5 Å². The largest absolute Gasteiger partial charge is 0.385 e. The van der Waals surface area contributed by atoms with Crippen LogP contribution in [0.2, 0.25) is 0 Å². The Morgan fingerprint density at radius 1 is 1.35 bits per heavy atom. The van der Waals surface area contributed by atoms with E-state index in [0.717, 1.165) is 10.7 Å². The summed E-state index contributed by atoms with van der Waals surface area (Å²) in [4.78, 5) is 4.23. The molecule has 1 aromatic carbocycles. The second kappa shape index (κ2) is 4.94. The summed E-state index contributed by atoms with van der Waals surface area (Å²) in [7, 11) is 1.95. The topological polar surface area (TPSA) is 38.0 Å². The minimum Gasteiger partial charge on any atom is -0.385 e. The van der Waals surface area contributed by atoms with Crippen LogP contribution in [0.4, 0.5) is 0 Å². The van der Waals surface area contributed by atoms with Gasteiger partial charge in [-0.2, -0.15) is 0 Å². The molecule has 0 fully saturated rings. The summed E-state index contributed by atoms with van der Waals surface area (Å²) in [5.41, 5.74) is 0.0967. The van der Waals surface area contributed by atoms with Gasteiger partial charge in [-0.15, -0.1) is 0 Å². The van der Waals surface area contributed by atoms with E-state index in [2.05, 4.69) is 4.98 Å². The number of thioether (sulfide) groups is 1. The Balaban J connectivity index is 2.06. The summed E-state index contributed by atoms with van der Waals surface area (Å²) in [6.07, 6.45) is 3.67. The van der Waals surface area contributed by atoms with Crippen LogP contribution in [-0.4, -0.2) is 20.4 Å². The second-order valence-electron chi connectivity index (χ2n) is 4.25. The highest BCUT2D eigenvalue weighted by atomic mass is 32.2. The molecular weight excluding hydrogens is 232 g/mol. The first-order valence-corrected chi connectivity index (χ1v) is 6.46. The van der Waals surface area contributed by atoms with Gasteiger partial charge in [-0.25, -0.2) is 4.98 Å². The second-order valence-corrected chi connectivity index (χ2v) is 5.19. The van der Waals surface area contributed by atoms with Gasteiger partial charge in [0, 0.05) is 25.2 Å². The third-order valence-electron chi connectivity index (χ3n) is 2.65. The van der Waals surface area contributed by atoms with Crippen LogP contribution in [0.25, 0.3) is 0 Å². The molecule has 0 saturated carbocycles. The van der Waals surface area contributed by atoms with Crippen molar-refractivity contribution in [2.24, 2.45) is 7.05 Å². The van der Waals surface area contributed by atoms with Crippen LogP contribution in [0.15, 0.2) is 47.9 Å². The van der Waals surface area contributed by atoms with Gasteiger partial charge in [0.2, 0.25) is 0 Å². The molecule has 0 amide bonds. The number of imidazole rings is 1. The van der Waals surface area contributed by atoms with E-state index >= 15 is 0 Å². The van der Waals surface area contributed by atoms with E-state index in [1.807, 2.05) is 55.1 Å². The van der Waals surface area contributed by atoms with Crippen molar-refractivity contribution >= 4 is 11.8 Å². The van der Waals surface area contributed by atoms with Gasteiger partial charge in [0.1, 0.15) is 0 Å². The molecule has 0 aliphatic rings. The van der Waals surface area contributed by atoms with Gasteiger partial charge >= 0.3 is 0 Å². The molecule has 0 aliphatic carbocycles. The molecule has 1 unspecified atom stereocenters. The number of aliphatic hydroxyl groups is 1. The highest BCUT2D eigenvalue weighted by Crippen LogP contribution is 2.28. The quantitative estimate of drug-likeness (QED) is 0.844. The van der Waals surface area contributed by atoms with Crippen molar-refractivity contribution in [1.29, 1.82) is 0 Å². The Hall–Kier alpha value is -1.26. The standard InChI is InChI=1S/C13H16N2OS/c1-13(16,11-6-4-3-5-7-11)10-17-12-14-8-9-15(12)2/h3-9,16H,10H2,1-2H3. The first-order chi connectivity index (χ1) is 8.09. The van der Waals surface area contributed by atoms with Crippen LogP contribution < -0.4 is 0 Å². The van der Waals surface area contributed by atoms with Crippen molar-refractivity contribution < 1.29 is 5.11 Å². The van der Waals surface area contributed by atoms with Crippen LogP contribution in [0.1, 0.15) is 12.5 Å². The van der Waals surface area contributed by atoms with Gasteiger partial charge in [-0.3, -0.25) is 0 Å². The number of rotatable bonds is 4. The molecule has 1 atom stereocenters. The van der Waals surface area contributed by atoms with Crippen molar-refractivity contribution in [1.82, 2.24) is 9.55 Å². The van der Waals surface area contributed by atoms with Crippen molar-refractivity contribution in [2.75, 3.05) is 5.75 Å². The zero-order valence-electron chi connectivity index (χ0n) is 10.00. The molecule has 90 valence electrons. The van der Waals surface area contributed by atoms with E-state index in [1.165, 1.54) is 0 Å². The zero-order valence-corrected chi connectivity index (χ0v) is 10.8. The normalized spacial score (nSPS) is 14.5. The minimum absolute atomic E-state index is 0.585. The first kappa shape index (κ1) is 12.2. The fraction of sp³-hybridized carbons (Fsp3) is 0.308. The highest BCUT2D eigenvalue weighted by Gasteiger charge is 2.23. The molecule has 2 aromatic rings. The van der Waals surface area contributed by atoms with Gasteiger partial charge in [0.15, 0.2) is 5.16 Å². The Morgan fingerprint density at radius 3 is 2.65 bits per heavy atom. The van der Waals surface area contributed by atoms with Crippen molar-refractivity contribution in [2.45, 2.75) is 17.7 Å². The number of hydrogen-bond donors (Lipinski definition) is 1. The van der Waals surface area contributed by atoms with Crippen molar-refractivity contribution in [3.8, 4) is 0 Å². The maximum absolute atomic E-state index is 10.4. The fourth-order valence-electron chi connectivity index (χ4n) is 1.58. The van der Waals surface area contributed by atoms with Gasteiger partial charge in [0.25, 0.3) is 0 Å². The molecule has 2 rings (SSSR count). The summed E-state index contributed by atoms with van der Waals surface area (Å²) >= 11 is 1.56. The fourth-order valence-corrected chi connectivity index (χ4v) is 2.55. The summed E-state index contributed by atoms with van der Waals surface area (Å²) in [6, 6.07) is 9.72. The smallest absolute Gasteiger partial charge is 0.167 e. The van der Waals surface area contributed by atoms with Crippen molar-refractivity contribution in [3.05, 3.63) is 48.3 Å². The molecule has 3 nitrogen and oxygen atoms in total. The van der Waals surface area contributed by atoms with Gasteiger partial charge in [0.05, 0.1) is 5.60 Å². The average Bonchev–Trinajstić information content (AvgIpc) is 2.74. The Labute approximate surface area is 106 Å². The third kappa shape index (κ3) is 2.90. The third-order valence-corrected chi connectivity index (χ3v) is 4.01. The summed E-state index contributed by atoms with van der Waals surface area (Å²) in [6.45, 7) is 1.83. The number of benzene rings is 1. The van der Waals surface area contributed by atoms with Crippen LogP contribution in [0.5, 0.6) is 0 Å². The van der Waals surface area contributed by atoms with E-state index in [0.29, 0.717) is 5.75 Å². The predicted octanol–water partition coefficient (Wildman–Crippen LogP) is 2.42. The zero-order chi connectivity index (χ0) is 12.3. The molecule has 0 bridgehead atoms. The first-order valence-electron chi connectivity index (χ1n) is 5.47. The molecule has 0 aliphatic heterocycles. The molecule has 4 heteroatoms. The Bertz CT molecular complexity index is 479. The molecule has 1 N–H and O–H groups in total. The highest BCUT2D eigenvalue weighted by molar-refractivity contribution is 7.99. The van der Waals surface area contributed by atoms with Crippen LogP contribution in [-0.2, 0) is 12.6 Å². The molecule has 0 saturated heterocycles. The lowest BCUT2D eigenvalue weighted by Gasteiger charge is -2.23. The Kier molecular flexibility index (Phi) is 3.54. The molecule has 1 aromatic heterocycles. The van der Waals surface area contributed by atoms with Crippen molar-refractivity contribution in [3.63, 3.8) is 0 Å². The maximum atomic E-state index is 10.4. The summed E-state index contributed by atoms with van der Waals surface area (Å²) in [5.74, 6) is 0.585. The number of hydrogen-bond acceptors (Lipinski definition) is 3. The lowest BCUT2D eigenvalue weighted by molar-refractivity contribution is 0.0839. The van der Waals surface area contributed by atoms with Crippen LogP contribution in [0, 0.1) is 0 Å². The van der Waals surface area contributed by atoms with E-state index in [9.17, 15) is 5.11 Å². The lowest BCUT2D eigenvalue weighted by atomic mass is 9.99. The van der Waals surface area contributed by atoms with Gasteiger partial charge < -0.3 is 9.67 Å². The van der Waals surface area contributed by atoms with Crippen LogP contribution in [0.3, 0.4) is 0 Å². The average molecular weight is 248 g/mol. The monoisotopic (exact) mass is 248 g/mol. The molecule has 0 spiro atoms. The molecule has 1 heterocycles. The number of nitrogens with zero attached hydrogens (tertiary/aromatic N) is 2. The van der Waals surface area contributed by atoms with Crippen LogP contribution >= 0.6 is 11.8 Å². The number of aryl methyl sites for hydroxylation is 1. The van der Waals surface area contributed by atoms with Gasteiger partial charge in [-0.1, -0.05) is 42.1 Å². The van der Waals surface area contributed by atoms with E-state index in [4.69, 9.17) is 0 Å². The minimum atomic E-state index is -0.835. The summed E-state index contributed by atoms with van der Waals surface area (Å²) in [5, 5.41) is 11.3. The Morgan fingerprint density at radius 2 is 2.06 bits per heavy atom. The van der Waals surface area contributed by atoms with E-state index < -0.39 is 5.60 Å². The molecule has 0 radical (unpaired) electrons. The maximum Gasteiger partial charge on any atom is 0.167 e. The molecule has 17 heavy (non-hydrogen) atoms. The lowest BCUT2D eigenvalue weighted by Crippen LogP contribution is -2.24. The molecular formula is C13H16N2OS. The predicted molar refractivity (Wildman–Crippen MR) is 69.9 cm³/mol. The van der Waals surface area contributed by atoms with E-state index in [-0.39, 0.29) is 0 Å². The summed E-state index contributed by atoms with van der Waals surface area (Å²) < 4.78 is 1.95. The van der Waals surface area contributed by atoms with E-state index in [1.54, 1.807) is 18.0 Å².